The van der Waals surface area contributed by atoms with E-state index in [4.69, 9.17) is 5.11 Å². The van der Waals surface area contributed by atoms with Crippen molar-refractivity contribution in [2.24, 2.45) is 0 Å². The number of aromatic carboxylic acids is 1. The van der Waals surface area contributed by atoms with Gasteiger partial charge >= 0.3 is 11.8 Å². The van der Waals surface area contributed by atoms with E-state index in [0.29, 0.717) is 0 Å². The molecule has 0 fully saturated rings. The second-order valence-corrected chi connectivity index (χ2v) is 3.63. The van der Waals surface area contributed by atoms with Crippen LogP contribution in [0.15, 0.2) is 30.7 Å². The first kappa shape index (κ1) is 13.1. The molecule has 0 radical (unpaired) electrons. The molecule has 2 aromatic rings. The first-order valence-corrected chi connectivity index (χ1v) is 5.11. The molecular weight excluding hydrogens is 272 g/mol. The minimum absolute atomic E-state index is 0.286. The number of rotatable bonds is 4. The molecule has 0 unspecified atom stereocenters. The second kappa shape index (κ2) is 4.76. The van der Waals surface area contributed by atoms with E-state index >= 15 is 0 Å². The lowest BCUT2D eigenvalue weighted by Gasteiger charge is -2.05. The lowest BCUT2D eigenvalue weighted by atomic mass is 10.1. The van der Waals surface area contributed by atoms with E-state index in [0.717, 1.165) is 29.2 Å². The molecule has 20 heavy (non-hydrogen) atoms. The summed E-state index contributed by atoms with van der Waals surface area (Å²) in [5.41, 5.74) is -1.13. The molecule has 1 aromatic carbocycles. The van der Waals surface area contributed by atoms with E-state index < -0.39 is 27.3 Å². The predicted molar refractivity (Wildman–Crippen MR) is 63.8 cm³/mol. The van der Waals surface area contributed by atoms with Gasteiger partial charge in [-0.3, -0.25) is 14.7 Å². The Bertz CT molecular complexity index is 690. The molecule has 1 aromatic heterocycles. The van der Waals surface area contributed by atoms with Crippen molar-refractivity contribution in [2.45, 2.75) is 0 Å². The second-order valence-electron chi connectivity index (χ2n) is 3.63. The Morgan fingerprint density at radius 2 is 1.95 bits per heavy atom. The van der Waals surface area contributed by atoms with Crippen LogP contribution in [0.3, 0.4) is 0 Å². The Hall–Kier alpha value is -3.30. The van der Waals surface area contributed by atoms with Gasteiger partial charge in [0, 0.05) is 6.07 Å². The van der Waals surface area contributed by atoms with E-state index in [1.54, 1.807) is 0 Å². The lowest BCUT2D eigenvalue weighted by molar-refractivity contribution is -0.389. The van der Waals surface area contributed by atoms with Crippen molar-refractivity contribution in [3.05, 3.63) is 56.5 Å². The lowest BCUT2D eigenvalue weighted by Crippen LogP contribution is -2.07. The molecule has 0 aliphatic rings. The van der Waals surface area contributed by atoms with Gasteiger partial charge in [0.05, 0.1) is 10.5 Å². The molecule has 0 spiro atoms. The van der Waals surface area contributed by atoms with E-state index in [-0.39, 0.29) is 11.3 Å². The summed E-state index contributed by atoms with van der Waals surface area (Å²) in [7, 11) is 0. The van der Waals surface area contributed by atoms with E-state index in [2.05, 4.69) is 4.98 Å². The van der Waals surface area contributed by atoms with Gasteiger partial charge in [0.2, 0.25) is 6.33 Å². The number of imidazole rings is 1. The molecule has 0 saturated heterocycles. The highest BCUT2D eigenvalue weighted by molar-refractivity contribution is 5.94. The van der Waals surface area contributed by atoms with Crippen molar-refractivity contribution in [1.82, 2.24) is 9.55 Å². The molecule has 0 aliphatic heterocycles. The first-order chi connectivity index (χ1) is 9.41. The van der Waals surface area contributed by atoms with Crippen molar-refractivity contribution in [3.8, 4) is 5.69 Å². The summed E-state index contributed by atoms with van der Waals surface area (Å²) >= 11 is 0. The normalized spacial score (nSPS) is 10.2. The molecule has 0 saturated carbocycles. The third kappa shape index (κ3) is 2.16. The number of hydrogen-bond acceptors (Lipinski definition) is 6. The minimum Gasteiger partial charge on any atom is -0.478 e. The Morgan fingerprint density at radius 1 is 1.25 bits per heavy atom. The average Bonchev–Trinajstić information content (AvgIpc) is 2.87. The molecule has 1 heterocycles. The third-order valence-corrected chi connectivity index (χ3v) is 2.46. The van der Waals surface area contributed by atoms with Crippen LogP contribution in [0, 0.1) is 20.2 Å². The van der Waals surface area contributed by atoms with Gasteiger partial charge in [0.1, 0.15) is 11.9 Å². The zero-order valence-electron chi connectivity index (χ0n) is 9.66. The van der Waals surface area contributed by atoms with Gasteiger partial charge in [0.25, 0.3) is 5.69 Å². The van der Waals surface area contributed by atoms with Crippen LogP contribution in [0.5, 0.6) is 0 Å². The van der Waals surface area contributed by atoms with Gasteiger partial charge in [-0.25, -0.2) is 4.79 Å². The first-order valence-electron chi connectivity index (χ1n) is 5.11. The monoisotopic (exact) mass is 278 g/mol. The Kier molecular flexibility index (Phi) is 3.13. The van der Waals surface area contributed by atoms with Crippen molar-refractivity contribution in [1.29, 1.82) is 0 Å². The predicted octanol–water partition coefficient (Wildman–Crippen LogP) is 1.39. The number of hydrogen-bond donors (Lipinski definition) is 1. The molecule has 0 bridgehead atoms. The Labute approximate surface area is 110 Å². The fraction of sp³-hybridized carbons (Fsp3) is 0. The molecule has 0 amide bonds. The van der Waals surface area contributed by atoms with Gasteiger partial charge < -0.3 is 15.2 Å². The highest BCUT2D eigenvalue weighted by Gasteiger charge is 2.25. The zero-order chi connectivity index (χ0) is 14.9. The Morgan fingerprint density at radius 3 is 2.45 bits per heavy atom. The van der Waals surface area contributed by atoms with Crippen LogP contribution < -0.4 is 0 Å². The van der Waals surface area contributed by atoms with Gasteiger partial charge in [-0.2, -0.15) is 0 Å². The van der Waals surface area contributed by atoms with Gasteiger partial charge in [-0.15, -0.1) is 0 Å². The minimum atomic E-state index is -1.39. The van der Waals surface area contributed by atoms with Crippen LogP contribution >= 0.6 is 0 Å². The van der Waals surface area contributed by atoms with Crippen LogP contribution in [0.25, 0.3) is 5.69 Å². The smallest absolute Gasteiger partial charge is 0.381 e. The molecule has 2 rings (SSSR count). The van der Waals surface area contributed by atoms with Crippen LogP contribution in [0.1, 0.15) is 10.4 Å². The van der Waals surface area contributed by atoms with Crippen molar-refractivity contribution >= 4 is 17.5 Å². The van der Waals surface area contributed by atoms with Crippen LogP contribution in [-0.2, 0) is 0 Å². The summed E-state index contributed by atoms with van der Waals surface area (Å²) in [6.45, 7) is 0. The molecule has 0 aliphatic carbocycles. The van der Waals surface area contributed by atoms with Gasteiger partial charge in [0.15, 0.2) is 0 Å². The molecular formula is C10H6N4O6. The van der Waals surface area contributed by atoms with Crippen molar-refractivity contribution < 1.29 is 19.7 Å². The summed E-state index contributed by atoms with van der Waals surface area (Å²) in [5, 5.41) is 30.6. The van der Waals surface area contributed by atoms with Crippen LogP contribution in [0.4, 0.5) is 11.5 Å². The van der Waals surface area contributed by atoms with Crippen molar-refractivity contribution in [2.75, 3.05) is 0 Å². The quantitative estimate of drug-likeness (QED) is 0.657. The summed E-state index contributed by atoms with van der Waals surface area (Å²) in [5.74, 6) is -1.93. The van der Waals surface area contributed by atoms with Gasteiger partial charge in [-0.1, -0.05) is 6.07 Å². The maximum absolute atomic E-state index is 11.1. The number of nitrogens with zero attached hydrogens (tertiary/aromatic N) is 4. The fourth-order valence-electron chi connectivity index (χ4n) is 1.65. The number of para-hydroxylation sites is 1. The topological polar surface area (TPSA) is 141 Å². The maximum Gasteiger partial charge on any atom is 0.381 e. The SMILES string of the molecule is O=C(O)c1cccc([N+](=O)[O-])c1-n1cnc([N+](=O)[O-])c1. The Balaban J connectivity index is 2.72. The zero-order valence-corrected chi connectivity index (χ0v) is 9.66. The van der Waals surface area contributed by atoms with E-state index in [1.807, 2.05) is 0 Å². The number of nitro benzene ring substituents is 1. The molecule has 102 valence electrons. The summed E-state index contributed by atoms with van der Waals surface area (Å²) in [6.07, 6.45) is 1.86. The number of benzene rings is 1. The number of carboxylic acids is 1. The number of carbonyl (C=O) groups is 1. The number of carboxylic acid groups (broad SMARTS) is 1. The number of aromatic nitrogens is 2. The number of nitro groups is 2. The van der Waals surface area contributed by atoms with Crippen LogP contribution in [0.2, 0.25) is 0 Å². The molecule has 10 heteroatoms. The fourth-order valence-corrected chi connectivity index (χ4v) is 1.65. The summed E-state index contributed by atoms with van der Waals surface area (Å²) in [4.78, 5) is 34.5. The van der Waals surface area contributed by atoms with Crippen molar-refractivity contribution in [3.63, 3.8) is 0 Å². The van der Waals surface area contributed by atoms with E-state index in [9.17, 15) is 25.0 Å². The summed E-state index contributed by atoms with van der Waals surface area (Å²) in [6, 6.07) is 3.49. The standard InChI is InChI=1S/C10H6N4O6/c15-10(16)6-2-1-3-7(13(17)18)9(6)12-4-8(11-5-12)14(19)20/h1-5H,(H,15,16). The molecule has 0 atom stereocenters. The summed E-state index contributed by atoms with van der Waals surface area (Å²) < 4.78 is 0.944. The maximum atomic E-state index is 11.1. The average molecular weight is 278 g/mol. The van der Waals surface area contributed by atoms with E-state index in [1.165, 1.54) is 6.07 Å². The highest BCUT2D eigenvalue weighted by atomic mass is 16.6. The highest BCUT2D eigenvalue weighted by Crippen LogP contribution is 2.27. The molecule has 1 N–H and O–H groups in total. The largest absolute Gasteiger partial charge is 0.478 e. The van der Waals surface area contributed by atoms with Gasteiger partial charge in [-0.05, 0) is 16.0 Å². The van der Waals surface area contributed by atoms with Crippen LogP contribution in [-0.4, -0.2) is 30.5 Å². The molecule has 10 nitrogen and oxygen atoms in total. The third-order valence-electron chi connectivity index (χ3n) is 2.46.